The van der Waals surface area contributed by atoms with Gasteiger partial charge in [-0.25, -0.2) is 9.97 Å². The Balaban J connectivity index is 1.68. The van der Waals surface area contributed by atoms with Crippen LogP contribution in [0.1, 0.15) is 25.7 Å². The summed E-state index contributed by atoms with van der Waals surface area (Å²) in [6.07, 6.45) is 5.93. The molecule has 1 aromatic heterocycles. The van der Waals surface area contributed by atoms with E-state index in [0.717, 1.165) is 36.7 Å². The second-order valence-electron chi connectivity index (χ2n) is 5.14. The fourth-order valence-electron chi connectivity index (χ4n) is 2.60. The van der Waals surface area contributed by atoms with Crippen LogP contribution in [0.4, 0.5) is 0 Å². The van der Waals surface area contributed by atoms with Gasteiger partial charge in [0.2, 0.25) is 5.88 Å². The van der Waals surface area contributed by atoms with Crippen LogP contribution in [-0.2, 0) is 0 Å². The van der Waals surface area contributed by atoms with E-state index in [1.807, 2.05) is 24.3 Å². The fraction of sp³-hybridized carbons (Fsp3) is 0.467. The van der Waals surface area contributed by atoms with Crippen LogP contribution in [0.25, 0.3) is 11.0 Å². The lowest BCUT2D eigenvalue weighted by atomic mass is 9.88. The summed E-state index contributed by atoms with van der Waals surface area (Å²) in [5.41, 5.74) is 1.75. The van der Waals surface area contributed by atoms with Crippen LogP contribution in [0.15, 0.2) is 30.5 Å². The molecule has 1 heterocycles. The van der Waals surface area contributed by atoms with Crippen molar-refractivity contribution in [1.29, 1.82) is 0 Å². The molecular weight excluding hydrogens is 240 g/mol. The van der Waals surface area contributed by atoms with Gasteiger partial charge in [0.15, 0.2) is 0 Å². The molecule has 0 unspecified atom stereocenters. The normalized spacial score (nSPS) is 23.4. The number of fused-ring (bicyclic) bond motifs is 1. The molecular formula is C15H18N2O2. The minimum Gasteiger partial charge on any atom is -0.473 e. The third-order valence-electron chi connectivity index (χ3n) is 3.77. The summed E-state index contributed by atoms with van der Waals surface area (Å²) in [4.78, 5) is 8.82. The molecule has 0 amide bonds. The highest BCUT2D eigenvalue weighted by Gasteiger charge is 2.22. The maximum atomic E-state index is 9.12. The van der Waals surface area contributed by atoms with Crippen LogP contribution in [0, 0.1) is 5.92 Å². The Morgan fingerprint density at radius 1 is 1.11 bits per heavy atom. The number of aliphatic hydroxyl groups is 1. The summed E-state index contributed by atoms with van der Waals surface area (Å²) < 4.78 is 5.90. The lowest BCUT2D eigenvalue weighted by molar-refractivity contribution is 0.100. The van der Waals surface area contributed by atoms with Crippen LogP contribution < -0.4 is 4.74 Å². The van der Waals surface area contributed by atoms with Crippen molar-refractivity contribution in [2.45, 2.75) is 31.8 Å². The Kier molecular flexibility index (Phi) is 3.60. The van der Waals surface area contributed by atoms with Gasteiger partial charge in [-0.05, 0) is 43.7 Å². The van der Waals surface area contributed by atoms with Crippen molar-refractivity contribution in [3.63, 3.8) is 0 Å². The molecule has 1 N–H and O–H groups in total. The molecule has 1 aliphatic carbocycles. The van der Waals surface area contributed by atoms with Crippen molar-refractivity contribution in [3.05, 3.63) is 30.5 Å². The van der Waals surface area contributed by atoms with E-state index in [4.69, 9.17) is 9.84 Å². The molecule has 1 aliphatic rings. The van der Waals surface area contributed by atoms with Crippen LogP contribution >= 0.6 is 0 Å². The van der Waals surface area contributed by atoms with E-state index in [9.17, 15) is 0 Å². The molecule has 1 saturated carbocycles. The average molecular weight is 258 g/mol. The predicted octanol–water partition coefficient (Wildman–Crippen LogP) is 2.56. The Labute approximate surface area is 112 Å². The molecule has 0 spiro atoms. The van der Waals surface area contributed by atoms with Gasteiger partial charge in [-0.1, -0.05) is 12.1 Å². The highest BCUT2D eigenvalue weighted by atomic mass is 16.5. The first-order valence-electron chi connectivity index (χ1n) is 6.84. The minimum absolute atomic E-state index is 0.207. The first-order chi connectivity index (χ1) is 9.35. The Morgan fingerprint density at radius 2 is 1.84 bits per heavy atom. The molecule has 0 radical (unpaired) electrons. The molecule has 3 rings (SSSR count). The second kappa shape index (κ2) is 5.53. The van der Waals surface area contributed by atoms with Gasteiger partial charge >= 0.3 is 0 Å². The Bertz CT molecular complexity index is 551. The Hall–Kier alpha value is -1.68. The summed E-state index contributed by atoms with van der Waals surface area (Å²) in [6.45, 7) is 0.294. The zero-order chi connectivity index (χ0) is 13.1. The van der Waals surface area contributed by atoms with E-state index < -0.39 is 0 Å². The summed E-state index contributed by atoms with van der Waals surface area (Å²) in [6, 6.07) is 7.79. The van der Waals surface area contributed by atoms with E-state index in [1.165, 1.54) is 0 Å². The predicted molar refractivity (Wildman–Crippen MR) is 73.0 cm³/mol. The van der Waals surface area contributed by atoms with Crippen LogP contribution in [0.3, 0.4) is 0 Å². The van der Waals surface area contributed by atoms with Gasteiger partial charge in [0.1, 0.15) is 6.10 Å². The lowest BCUT2D eigenvalue weighted by Gasteiger charge is -2.27. The number of hydrogen-bond acceptors (Lipinski definition) is 4. The quantitative estimate of drug-likeness (QED) is 0.919. The highest BCUT2D eigenvalue weighted by molar-refractivity contribution is 5.73. The topological polar surface area (TPSA) is 55.2 Å². The maximum Gasteiger partial charge on any atom is 0.233 e. The molecule has 0 aliphatic heterocycles. The first kappa shape index (κ1) is 12.4. The number of aliphatic hydroxyl groups excluding tert-OH is 1. The van der Waals surface area contributed by atoms with Crippen molar-refractivity contribution in [1.82, 2.24) is 9.97 Å². The first-order valence-corrected chi connectivity index (χ1v) is 6.84. The van der Waals surface area contributed by atoms with E-state index in [2.05, 4.69) is 9.97 Å². The van der Waals surface area contributed by atoms with Crippen LogP contribution in [0.5, 0.6) is 5.88 Å². The number of para-hydroxylation sites is 2. The van der Waals surface area contributed by atoms with E-state index in [0.29, 0.717) is 18.4 Å². The molecule has 0 bridgehead atoms. The molecule has 4 nitrogen and oxygen atoms in total. The van der Waals surface area contributed by atoms with Gasteiger partial charge in [-0.15, -0.1) is 0 Å². The monoisotopic (exact) mass is 258 g/mol. The van der Waals surface area contributed by atoms with E-state index in [1.54, 1.807) is 6.20 Å². The second-order valence-corrected chi connectivity index (χ2v) is 5.14. The average Bonchev–Trinajstić information content (AvgIpc) is 2.48. The molecule has 100 valence electrons. The van der Waals surface area contributed by atoms with Crippen molar-refractivity contribution >= 4 is 11.0 Å². The molecule has 4 heteroatoms. The van der Waals surface area contributed by atoms with Crippen molar-refractivity contribution in [2.75, 3.05) is 6.61 Å². The van der Waals surface area contributed by atoms with Crippen LogP contribution in [-0.4, -0.2) is 27.8 Å². The SMILES string of the molecule is OCC1CCC(Oc2cnc3ccccc3n2)CC1. The standard InChI is InChI=1S/C15H18N2O2/c18-10-11-5-7-12(8-6-11)19-15-9-16-13-3-1-2-4-14(13)17-15/h1-4,9,11-12,18H,5-8,10H2. The van der Waals surface area contributed by atoms with Crippen molar-refractivity contribution in [2.24, 2.45) is 5.92 Å². The molecule has 2 aromatic rings. The molecule has 0 atom stereocenters. The zero-order valence-electron chi connectivity index (χ0n) is 10.8. The number of benzene rings is 1. The number of aromatic nitrogens is 2. The summed E-state index contributed by atoms with van der Waals surface area (Å²) in [5.74, 6) is 1.05. The summed E-state index contributed by atoms with van der Waals surface area (Å²) >= 11 is 0. The largest absolute Gasteiger partial charge is 0.473 e. The van der Waals surface area contributed by atoms with Gasteiger partial charge in [0, 0.05) is 6.61 Å². The molecule has 1 aromatic carbocycles. The van der Waals surface area contributed by atoms with Crippen LogP contribution in [0.2, 0.25) is 0 Å². The van der Waals surface area contributed by atoms with Gasteiger partial charge in [0.05, 0.1) is 17.2 Å². The summed E-state index contributed by atoms with van der Waals surface area (Å²) in [7, 11) is 0. The third-order valence-corrected chi connectivity index (χ3v) is 3.77. The fourth-order valence-corrected chi connectivity index (χ4v) is 2.60. The van der Waals surface area contributed by atoms with E-state index >= 15 is 0 Å². The maximum absolute atomic E-state index is 9.12. The number of ether oxygens (including phenoxy) is 1. The van der Waals surface area contributed by atoms with Gasteiger partial charge in [0.25, 0.3) is 0 Å². The molecule has 0 saturated heterocycles. The molecule has 19 heavy (non-hydrogen) atoms. The number of rotatable bonds is 3. The smallest absolute Gasteiger partial charge is 0.233 e. The van der Waals surface area contributed by atoms with Gasteiger partial charge in [-0.2, -0.15) is 0 Å². The van der Waals surface area contributed by atoms with Gasteiger partial charge < -0.3 is 9.84 Å². The highest BCUT2D eigenvalue weighted by Crippen LogP contribution is 2.26. The zero-order valence-corrected chi connectivity index (χ0v) is 10.8. The van der Waals surface area contributed by atoms with E-state index in [-0.39, 0.29) is 6.10 Å². The minimum atomic E-state index is 0.207. The lowest BCUT2D eigenvalue weighted by Crippen LogP contribution is -2.25. The summed E-state index contributed by atoms with van der Waals surface area (Å²) in [5, 5.41) is 9.12. The number of nitrogens with zero attached hydrogens (tertiary/aromatic N) is 2. The third kappa shape index (κ3) is 2.84. The number of hydrogen-bond donors (Lipinski definition) is 1. The van der Waals surface area contributed by atoms with Crippen molar-refractivity contribution < 1.29 is 9.84 Å². The van der Waals surface area contributed by atoms with Crippen molar-refractivity contribution in [3.8, 4) is 5.88 Å². The molecule has 1 fully saturated rings. The van der Waals surface area contributed by atoms with Gasteiger partial charge in [-0.3, -0.25) is 0 Å². The Morgan fingerprint density at radius 3 is 2.58 bits per heavy atom.